The van der Waals surface area contributed by atoms with Crippen LogP contribution in [0.5, 0.6) is 0 Å². The number of benzene rings is 1. The third-order valence-electron chi connectivity index (χ3n) is 3.10. The molecule has 5 heteroatoms. The monoisotopic (exact) mass is 299 g/mol. The zero-order valence-corrected chi connectivity index (χ0v) is 13.0. The fourth-order valence-electron chi connectivity index (χ4n) is 1.90. The Morgan fingerprint density at radius 1 is 1.33 bits per heavy atom. The van der Waals surface area contributed by atoms with Crippen LogP contribution < -0.4 is 5.56 Å². The van der Waals surface area contributed by atoms with Crippen LogP contribution >= 0.6 is 11.8 Å². The molecule has 1 aromatic heterocycles. The van der Waals surface area contributed by atoms with E-state index in [1.165, 1.54) is 11.8 Å². The van der Waals surface area contributed by atoms with Gasteiger partial charge in [-0.3, -0.25) is 9.36 Å². The molecule has 0 aliphatic carbocycles. The summed E-state index contributed by atoms with van der Waals surface area (Å²) in [6.45, 7) is 2.07. The van der Waals surface area contributed by atoms with E-state index in [4.69, 9.17) is 5.26 Å². The van der Waals surface area contributed by atoms with Gasteiger partial charge in [-0.05, 0) is 24.1 Å². The van der Waals surface area contributed by atoms with Crippen molar-refractivity contribution >= 4 is 11.8 Å². The van der Waals surface area contributed by atoms with E-state index in [0.717, 1.165) is 35.0 Å². The second-order valence-electron chi connectivity index (χ2n) is 4.77. The highest BCUT2D eigenvalue weighted by Gasteiger charge is 2.06. The smallest absolute Gasteiger partial charge is 0.254 e. The predicted molar refractivity (Wildman–Crippen MR) is 84.2 cm³/mol. The molecule has 0 spiro atoms. The molecule has 1 aromatic carbocycles. The van der Waals surface area contributed by atoms with Gasteiger partial charge in [0.2, 0.25) is 0 Å². The number of rotatable bonds is 5. The van der Waals surface area contributed by atoms with Crippen LogP contribution in [0.1, 0.15) is 30.2 Å². The van der Waals surface area contributed by atoms with Crippen molar-refractivity contribution in [3.05, 3.63) is 57.5 Å². The number of nitriles is 1. The number of thioether (sulfide) groups is 1. The molecule has 0 aliphatic rings. The molecule has 0 unspecified atom stereocenters. The number of aryl methyl sites for hydroxylation is 1. The molecule has 0 aliphatic heterocycles. The van der Waals surface area contributed by atoms with Gasteiger partial charge in [0.05, 0.1) is 11.6 Å². The van der Waals surface area contributed by atoms with E-state index in [2.05, 4.69) is 18.0 Å². The lowest BCUT2D eigenvalue weighted by Gasteiger charge is -2.08. The lowest BCUT2D eigenvalue weighted by atomic mass is 10.2. The Kier molecular flexibility index (Phi) is 5.18. The molecular weight excluding hydrogens is 282 g/mol. The maximum atomic E-state index is 11.9. The fourth-order valence-corrected chi connectivity index (χ4v) is 2.85. The molecule has 0 fully saturated rings. The van der Waals surface area contributed by atoms with Crippen LogP contribution in [0.3, 0.4) is 0 Å². The Bertz CT molecular complexity index is 714. The van der Waals surface area contributed by atoms with E-state index in [0.29, 0.717) is 5.56 Å². The quantitative estimate of drug-likeness (QED) is 0.629. The summed E-state index contributed by atoms with van der Waals surface area (Å²) in [6.07, 6.45) is 1.79. The molecule has 0 bridgehead atoms. The van der Waals surface area contributed by atoms with Crippen molar-refractivity contribution < 1.29 is 0 Å². The van der Waals surface area contributed by atoms with E-state index in [-0.39, 0.29) is 5.56 Å². The number of hydrogen-bond acceptors (Lipinski definition) is 4. The Balaban J connectivity index is 2.15. The maximum absolute atomic E-state index is 11.9. The largest absolute Gasteiger partial charge is 0.291 e. The van der Waals surface area contributed by atoms with Gasteiger partial charge < -0.3 is 0 Å². The molecule has 0 N–H and O–H groups in total. The first-order valence-corrected chi connectivity index (χ1v) is 7.81. The molecule has 108 valence electrons. The first-order valence-electron chi connectivity index (χ1n) is 6.83. The average molecular weight is 299 g/mol. The first kappa shape index (κ1) is 15.3. The van der Waals surface area contributed by atoms with Crippen LogP contribution in [-0.4, -0.2) is 9.55 Å². The molecule has 0 radical (unpaired) electrons. The van der Waals surface area contributed by atoms with Gasteiger partial charge in [-0.1, -0.05) is 37.2 Å². The lowest BCUT2D eigenvalue weighted by molar-refractivity contribution is 0.682. The van der Waals surface area contributed by atoms with Gasteiger partial charge in [0, 0.05) is 24.6 Å². The summed E-state index contributed by atoms with van der Waals surface area (Å²) in [5.41, 5.74) is 2.59. The Hall–Kier alpha value is -2.06. The fraction of sp³-hybridized carbons (Fsp3) is 0.312. The molecule has 2 rings (SSSR count). The number of aromatic nitrogens is 2. The van der Waals surface area contributed by atoms with Crippen molar-refractivity contribution in [2.75, 3.05) is 0 Å². The van der Waals surface area contributed by atoms with Crippen LogP contribution in [0.4, 0.5) is 0 Å². The van der Waals surface area contributed by atoms with Gasteiger partial charge >= 0.3 is 0 Å². The van der Waals surface area contributed by atoms with Crippen LogP contribution in [0.2, 0.25) is 0 Å². The summed E-state index contributed by atoms with van der Waals surface area (Å²) < 4.78 is 1.58. The van der Waals surface area contributed by atoms with Crippen molar-refractivity contribution in [1.29, 1.82) is 5.26 Å². The summed E-state index contributed by atoms with van der Waals surface area (Å²) in [5, 5.41) is 9.51. The minimum Gasteiger partial charge on any atom is -0.291 e. The molecule has 21 heavy (non-hydrogen) atoms. The molecule has 4 nitrogen and oxygen atoms in total. The van der Waals surface area contributed by atoms with E-state index >= 15 is 0 Å². The van der Waals surface area contributed by atoms with Crippen molar-refractivity contribution in [3.8, 4) is 6.07 Å². The molecule has 0 amide bonds. The van der Waals surface area contributed by atoms with E-state index in [1.54, 1.807) is 29.8 Å². The second-order valence-corrected chi connectivity index (χ2v) is 5.72. The topological polar surface area (TPSA) is 58.7 Å². The second kappa shape index (κ2) is 7.09. The Labute approximate surface area is 128 Å². The van der Waals surface area contributed by atoms with Gasteiger partial charge in [0.25, 0.3) is 5.56 Å². The van der Waals surface area contributed by atoms with Crippen LogP contribution in [0.15, 0.2) is 40.3 Å². The van der Waals surface area contributed by atoms with Gasteiger partial charge in [-0.15, -0.1) is 0 Å². The Morgan fingerprint density at radius 2 is 2.05 bits per heavy atom. The number of nitrogens with zero attached hydrogens (tertiary/aromatic N) is 3. The maximum Gasteiger partial charge on any atom is 0.254 e. The number of hydrogen-bond donors (Lipinski definition) is 0. The van der Waals surface area contributed by atoms with Gasteiger partial charge in [-0.2, -0.15) is 5.26 Å². The predicted octanol–water partition coefficient (Wildman–Crippen LogP) is 2.90. The van der Waals surface area contributed by atoms with Gasteiger partial charge in [0.1, 0.15) is 0 Å². The summed E-state index contributed by atoms with van der Waals surface area (Å²) >= 11 is 1.54. The third kappa shape index (κ3) is 3.96. The minimum atomic E-state index is -0.0178. The minimum absolute atomic E-state index is 0.0178. The molecule has 0 saturated carbocycles. The summed E-state index contributed by atoms with van der Waals surface area (Å²) in [7, 11) is 1.74. The Morgan fingerprint density at radius 3 is 2.67 bits per heavy atom. The van der Waals surface area contributed by atoms with Crippen molar-refractivity contribution in [2.24, 2.45) is 7.05 Å². The van der Waals surface area contributed by atoms with E-state index < -0.39 is 0 Å². The van der Waals surface area contributed by atoms with Crippen LogP contribution in [0.25, 0.3) is 0 Å². The van der Waals surface area contributed by atoms with Crippen LogP contribution in [0, 0.1) is 11.3 Å². The highest BCUT2D eigenvalue weighted by Crippen LogP contribution is 2.20. The SMILES string of the molecule is CCCc1cc(=O)n(C)c(SCc2ccc(C#N)cc2)n1. The van der Waals surface area contributed by atoms with Crippen molar-refractivity contribution in [2.45, 2.75) is 30.7 Å². The molecule has 0 atom stereocenters. The van der Waals surface area contributed by atoms with Gasteiger partial charge in [-0.25, -0.2) is 4.98 Å². The third-order valence-corrected chi connectivity index (χ3v) is 4.20. The zero-order chi connectivity index (χ0) is 15.2. The van der Waals surface area contributed by atoms with Crippen LogP contribution in [-0.2, 0) is 19.2 Å². The lowest BCUT2D eigenvalue weighted by Crippen LogP contribution is -2.20. The standard InChI is InChI=1S/C16H17N3OS/c1-3-4-14-9-15(20)19(2)16(18-14)21-11-13-7-5-12(10-17)6-8-13/h5-9H,3-4,11H2,1-2H3. The first-order chi connectivity index (χ1) is 10.1. The highest BCUT2D eigenvalue weighted by molar-refractivity contribution is 7.98. The molecular formula is C16H17N3OS. The zero-order valence-electron chi connectivity index (χ0n) is 12.2. The highest BCUT2D eigenvalue weighted by atomic mass is 32.2. The normalized spacial score (nSPS) is 10.3. The summed E-state index contributed by atoms with van der Waals surface area (Å²) in [6, 6.07) is 11.2. The average Bonchev–Trinajstić information content (AvgIpc) is 2.50. The molecule has 0 saturated heterocycles. The van der Waals surface area contributed by atoms with E-state index in [9.17, 15) is 4.79 Å². The summed E-state index contributed by atoms with van der Waals surface area (Å²) in [5.74, 6) is 0.724. The van der Waals surface area contributed by atoms with Crippen molar-refractivity contribution in [3.63, 3.8) is 0 Å². The van der Waals surface area contributed by atoms with Crippen molar-refractivity contribution in [1.82, 2.24) is 9.55 Å². The molecule has 2 aromatic rings. The molecule has 1 heterocycles. The van der Waals surface area contributed by atoms with E-state index in [1.807, 2.05) is 12.1 Å². The summed E-state index contributed by atoms with van der Waals surface area (Å²) in [4.78, 5) is 16.4. The van der Waals surface area contributed by atoms with Gasteiger partial charge in [0.15, 0.2) is 5.16 Å².